The zero-order valence-electron chi connectivity index (χ0n) is 19.2. The molecule has 0 bridgehead atoms. The average molecular weight is 546 g/mol. The van der Waals surface area contributed by atoms with E-state index in [1.54, 1.807) is 0 Å². The second-order valence-corrected chi connectivity index (χ2v) is 8.35. The summed E-state index contributed by atoms with van der Waals surface area (Å²) in [6.07, 6.45) is 8.23. The second-order valence-electron chi connectivity index (χ2n) is 8.35. The molecule has 3 heterocycles. The molecule has 0 aromatic carbocycles. The van der Waals surface area contributed by atoms with E-state index in [2.05, 4.69) is 22.1 Å². The Hall–Kier alpha value is -1.13. The van der Waals surface area contributed by atoms with Crippen LogP contribution in [0.2, 0.25) is 0 Å². The molecule has 176 valence electrons. The Labute approximate surface area is 204 Å². The molecule has 2 fully saturated rings. The number of nitrogens with zero attached hydrogens (tertiary/aromatic N) is 3. The Balaban J connectivity index is 0.00000341. The SMILES string of the molecule is CCNC(=NCc1ccc(OC(C)C)nc1)N1CCC(OCC2CCCCO2)CC1.I. The van der Waals surface area contributed by atoms with E-state index in [1.807, 2.05) is 32.2 Å². The Kier molecular flexibility index (Phi) is 11.9. The first-order valence-corrected chi connectivity index (χ1v) is 11.5. The highest BCUT2D eigenvalue weighted by molar-refractivity contribution is 14.0. The van der Waals surface area contributed by atoms with E-state index >= 15 is 0 Å². The van der Waals surface area contributed by atoms with Crippen LogP contribution in [0.5, 0.6) is 5.88 Å². The van der Waals surface area contributed by atoms with Gasteiger partial charge < -0.3 is 24.4 Å². The number of hydrogen-bond acceptors (Lipinski definition) is 5. The van der Waals surface area contributed by atoms with Gasteiger partial charge in [0.1, 0.15) is 0 Å². The van der Waals surface area contributed by atoms with Gasteiger partial charge in [0, 0.05) is 38.5 Å². The van der Waals surface area contributed by atoms with Gasteiger partial charge in [-0.15, -0.1) is 24.0 Å². The largest absolute Gasteiger partial charge is 0.475 e. The lowest BCUT2D eigenvalue weighted by molar-refractivity contribution is -0.0721. The van der Waals surface area contributed by atoms with Crippen LogP contribution in [0.1, 0.15) is 58.4 Å². The lowest BCUT2D eigenvalue weighted by Gasteiger charge is -2.35. The molecule has 1 aromatic heterocycles. The number of guanidine groups is 1. The van der Waals surface area contributed by atoms with E-state index in [9.17, 15) is 0 Å². The summed E-state index contributed by atoms with van der Waals surface area (Å²) in [5, 5.41) is 3.43. The summed E-state index contributed by atoms with van der Waals surface area (Å²) in [6, 6.07) is 3.95. The van der Waals surface area contributed by atoms with Crippen LogP contribution in [-0.4, -0.2) is 67.0 Å². The molecule has 1 unspecified atom stereocenters. The van der Waals surface area contributed by atoms with Gasteiger partial charge in [0.15, 0.2) is 5.96 Å². The van der Waals surface area contributed by atoms with Crippen molar-refractivity contribution in [1.82, 2.24) is 15.2 Å². The van der Waals surface area contributed by atoms with Crippen LogP contribution in [0.4, 0.5) is 0 Å². The summed E-state index contributed by atoms with van der Waals surface area (Å²) < 4.78 is 17.5. The van der Waals surface area contributed by atoms with Crippen molar-refractivity contribution >= 4 is 29.9 Å². The summed E-state index contributed by atoms with van der Waals surface area (Å²) in [7, 11) is 0. The van der Waals surface area contributed by atoms with Gasteiger partial charge >= 0.3 is 0 Å². The van der Waals surface area contributed by atoms with Gasteiger partial charge in [0.25, 0.3) is 0 Å². The first-order chi connectivity index (χ1) is 14.6. The molecule has 0 spiro atoms. The molecule has 1 atom stereocenters. The predicted octanol–water partition coefficient (Wildman–Crippen LogP) is 4.00. The Bertz CT molecular complexity index is 643. The Morgan fingerprint density at radius 3 is 2.68 bits per heavy atom. The highest BCUT2D eigenvalue weighted by Gasteiger charge is 2.23. The van der Waals surface area contributed by atoms with Crippen LogP contribution in [0.15, 0.2) is 23.3 Å². The fourth-order valence-corrected chi connectivity index (χ4v) is 3.82. The third-order valence-corrected chi connectivity index (χ3v) is 5.43. The summed E-state index contributed by atoms with van der Waals surface area (Å²) in [4.78, 5) is 11.5. The van der Waals surface area contributed by atoms with Crippen molar-refractivity contribution in [2.75, 3.05) is 32.8 Å². The number of pyridine rings is 1. The first-order valence-electron chi connectivity index (χ1n) is 11.5. The number of hydrogen-bond donors (Lipinski definition) is 1. The number of nitrogens with one attached hydrogen (secondary N) is 1. The molecule has 0 amide bonds. The van der Waals surface area contributed by atoms with Gasteiger partial charge in [-0.2, -0.15) is 0 Å². The highest BCUT2D eigenvalue weighted by Crippen LogP contribution is 2.18. The molecule has 1 aromatic rings. The van der Waals surface area contributed by atoms with Gasteiger partial charge in [-0.05, 0) is 58.4 Å². The van der Waals surface area contributed by atoms with Crippen LogP contribution in [-0.2, 0) is 16.0 Å². The molecule has 2 aliphatic rings. The zero-order valence-corrected chi connectivity index (χ0v) is 21.5. The molecular formula is C23H39IN4O3. The molecule has 2 saturated heterocycles. The number of rotatable bonds is 8. The normalized spacial score (nSPS) is 20.5. The average Bonchev–Trinajstić information content (AvgIpc) is 2.77. The number of piperidine rings is 1. The number of aromatic nitrogens is 1. The third-order valence-electron chi connectivity index (χ3n) is 5.43. The first kappa shape index (κ1) is 26.1. The standard InChI is InChI=1S/C23H38N4O3.HI/c1-4-24-23(26-16-19-8-9-22(25-15-19)30-18(2)3)27-12-10-20(11-13-27)29-17-21-7-5-6-14-28-21;/h8-9,15,18,20-21H,4-7,10-14,16-17H2,1-3H3,(H,24,26);1H. The molecule has 7 nitrogen and oxygen atoms in total. The van der Waals surface area contributed by atoms with Crippen molar-refractivity contribution < 1.29 is 14.2 Å². The van der Waals surface area contributed by atoms with E-state index < -0.39 is 0 Å². The van der Waals surface area contributed by atoms with Gasteiger partial charge in [-0.1, -0.05) is 6.07 Å². The third kappa shape index (κ3) is 9.10. The molecule has 2 aliphatic heterocycles. The quantitative estimate of drug-likeness (QED) is 0.302. The fraction of sp³-hybridized carbons (Fsp3) is 0.739. The van der Waals surface area contributed by atoms with Crippen molar-refractivity contribution in [2.45, 2.75) is 77.7 Å². The summed E-state index contributed by atoms with van der Waals surface area (Å²) in [5.41, 5.74) is 1.08. The molecule has 0 aliphatic carbocycles. The van der Waals surface area contributed by atoms with Crippen molar-refractivity contribution in [1.29, 1.82) is 0 Å². The van der Waals surface area contributed by atoms with E-state index in [0.717, 1.165) is 63.6 Å². The maximum atomic E-state index is 6.15. The Morgan fingerprint density at radius 2 is 2.06 bits per heavy atom. The lowest BCUT2D eigenvalue weighted by atomic mass is 10.1. The molecule has 0 saturated carbocycles. The van der Waals surface area contributed by atoms with Crippen molar-refractivity contribution in [3.05, 3.63) is 23.9 Å². The minimum atomic E-state index is 0. The summed E-state index contributed by atoms with van der Waals surface area (Å²) in [5.74, 6) is 1.62. The minimum absolute atomic E-state index is 0. The zero-order chi connectivity index (χ0) is 21.2. The minimum Gasteiger partial charge on any atom is -0.475 e. The van der Waals surface area contributed by atoms with Crippen LogP contribution in [0.25, 0.3) is 0 Å². The molecule has 3 rings (SSSR count). The Morgan fingerprint density at radius 1 is 1.26 bits per heavy atom. The van der Waals surface area contributed by atoms with E-state index in [4.69, 9.17) is 19.2 Å². The van der Waals surface area contributed by atoms with Gasteiger partial charge in [0.2, 0.25) is 5.88 Å². The van der Waals surface area contributed by atoms with E-state index in [1.165, 1.54) is 12.8 Å². The maximum Gasteiger partial charge on any atom is 0.213 e. The number of aliphatic imine (C=N–C) groups is 1. The van der Waals surface area contributed by atoms with Crippen molar-refractivity contribution in [3.8, 4) is 5.88 Å². The number of halogens is 1. The lowest BCUT2D eigenvalue weighted by Crippen LogP contribution is -2.47. The maximum absolute atomic E-state index is 6.15. The smallest absolute Gasteiger partial charge is 0.213 e. The van der Waals surface area contributed by atoms with Crippen LogP contribution >= 0.6 is 24.0 Å². The number of ether oxygens (including phenoxy) is 3. The van der Waals surface area contributed by atoms with E-state index in [-0.39, 0.29) is 30.1 Å². The van der Waals surface area contributed by atoms with Crippen LogP contribution < -0.4 is 10.1 Å². The summed E-state index contributed by atoms with van der Waals surface area (Å²) in [6.45, 7) is 11.1. The van der Waals surface area contributed by atoms with Gasteiger partial charge in [-0.25, -0.2) is 9.98 Å². The monoisotopic (exact) mass is 546 g/mol. The topological polar surface area (TPSA) is 68.2 Å². The molecule has 8 heteroatoms. The summed E-state index contributed by atoms with van der Waals surface area (Å²) >= 11 is 0. The second kappa shape index (κ2) is 14.1. The molecule has 0 radical (unpaired) electrons. The van der Waals surface area contributed by atoms with Crippen LogP contribution in [0, 0.1) is 0 Å². The fourth-order valence-electron chi connectivity index (χ4n) is 3.82. The van der Waals surface area contributed by atoms with Gasteiger partial charge in [-0.3, -0.25) is 0 Å². The highest BCUT2D eigenvalue weighted by atomic mass is 127. The molecule has 1 N–H and O–H groups in total. The molecule has 31 heavy (non-hydrogen) atoms. The predicted molar refractivity (Wildman–Crippen MR) is 134 cm³/mol. The van der Waals surface area contributed by atoms with Gasteiger partial charge in [0.05, 0.1) is 31.5 Å². The van der Waals surface area contributed by atoms with Crippen molar-refractivity contribution in [3.63, 3.8) is 0 Å². The van der Waals surface area contributed by atoms with Crippen LogP contribution in [0.3, 0.4) is 0 Å². The van der Waals surface area contributed by atoms with Crippen molar-refractivity contribution in [2.24, 2.45) is 4.99 Å². The molecular weight excluding hydrogens is 507 g/mol. The number of likely N-dealkylation sites (tertiary alicyclic amines) is 1. The van der Waals surface area contributed by atoms with E-state index in [0.29, 0.717) is 24.6 Å².